The molecule has 0 aliphatic rings. The highest BCUT2D eigenvalue weighted by Gasteiger charge is 2.37. The van der Waals surface area contributed by atoms with Crippen LogP contribution in [0.25, 0.3) is 5.69 Å². The second-order valence-corrected chi connectivity index (χ2v) is 6.31. The lowest BCUT2D eigenvalue weighted by molar-refractivity contribution is -0.141. The second kappa shape index (κ2) is 4.90. The fraction of sp³-hybridized carbons (Fsp3) is 0.438. The molecular weight excluding hydrogens is 277 g/mol. The number of aryl methyl sites for hydroxylation is 2. The Morgan fingerprint density at radius 1 is 1.00 bits per heavy atom. The Bertz CT molecular complexity index is 641. The standard InChI is InChI=1S/C16H19F3N2/c1-10-7-6-8-11(2)14(10)21-13(15(3,4)5)9-12(20-21)16(17,18)19/h6-9H,1-5H3. The van der Waals surface area contributed by atoms with Crippen LogP contribution in [0.1, 0.15) is 43.3 Å². The summed E-state index contributed by atoms with van der Waals surface area (Å²) in [6.45, 7) is 9.41. The molecule has 0 amide bonds. The summed E-state index contributed by atoms with van der Waals surface area (Å²) >= 11 is 0. The van der Waals surface area contributed by atoms with E-state index >= 15 is 0 Å². The van der Waals surface area contributed by atoms with Gasteiger partial charge in [-0.15, -0.1) is 0 Å². The number of hydrogen-bond acceptors (Lipinski definition) is 1. The maximum atomic E-state index is 13.0. The third-order valence-electron chi connectivity index (χ3n) is 3.42. The zero-order valence-corrected chi connectivity index (χ0v) is 12.8. The Kier molecular flexibility index (Phi) is 3.64. The van der Waals surface area contributed by atoms with Crippen LogP contribution < -0.4 is 0 Å². The minimum Gasteiger partial charge on any atom is -0.236 e. The molecule has 0 aliphatic heterocycles. The molecule has 2 aromatic rings. The minimum atomic E-state index is -4.44. The van der Waals surface area contributed by atoms with Crippen molar-refractivity contribution in [2.75, 3.05) is 0 Å². The van der Waals surface area contributed by atoms with Gasteiger partial charge in [0.25, 0.3) is 0 Å². The summed E-state index contributed by atoms with van der Waals surface area (Å²) in [6.07, 6.45) is -4.44. The van der Waals surface area contributed by atoms with E-state index in [0.717, 1.165) is 22.9 Å². The first-order valence-corrected chi connectivity index (χ1v) is 6.76. The molecule has 0 N–H and O–H groups in total. The van der Waals surface area contributed by atoms with E-state index in [0.29, 0.717) is 5.69 Å². The molecule has 2 rings (SSSR count). The second-order valence-electron chi connectivity index (χ2n) is 6.31. The quantitative estimate of drug-likeness (QED) is 0.738. The molecule has 0 bridgehead atoms. The average molecular weight is 296 g/mol. The smallest absolute Gasteiger partial charge is 0.236 e. The molecule has 0 saturated heterocycles. The summed E-state index contributed by atoms with van der Waals surface area (Å²) in [5.74, 6) is 0. The molecule has 0 atom stereocenters. The van der Waals surface area contributed by atoms with Gasteiger partial charge in [-0.3, -0.25) is 0 Å². The predicted octanol–water partition coefficient (Wildman–Crippen LogP) is 4.81. The van der Waals surface area contributed by atoms with Crippen LogP contribution in [0.2, 0.25) is 0 Å². The van der Waals surface area contributed by atoms with E-state index < -0.39 is 17.3 Å². The SMILES string of the molecule is Cc1cccc(C)c1-n1nc(C(F)(F)F)cc1C(C)(C)C. The van der Waals surface area contributed by atoms with Gasteiger partial charge in [0.1, 0.15) is 0 Å². The molecule has 0 unspecified atom stereocenters. The molecule has 1 heterocycles. The molecule has 114 valence electrons. The normalized spacial score (nSPS) is 12.8. The van der Waals surface area contributed by atoms with Gasteiger partial charge in [0, 0.05) is 5.41 Å². The van der Waals surface area contributed by atoms with Crippen molar-refractivity contribution < 1.29 is 13.2 Å². The molecule has 0 spiro atoms. The van der Waals surface area contributed by atoms with Crippen LogP contribution in [0.3, 0.4) is 0 Å². The van der Waals surface area contributed by atoms with Crippen molar-refractivity contribution >= 4 is 0 Å². The summed E-state index contributed by atoms with van der Waals surface area (Å²) < 4.78 is 40.5. The zero-order valence-electron chi connectivity index (χ0n) is 12.8. The summed E-state index contributed by atoms with van der Waals surface area (Å²) in [5, 5.41) is 3.83. The largest absolute Gasteiger partial charge is 0.435 e. The monoisotopic (exact) mass is 296 g/mol. The van der Waals surface area contributed by atoms with E-state index in [1.54, 1.807) is 0 Å². The van der Waals surface area contributed by atoms with Crippen molar-refractivity contribution in [2.45, 2.75) is 46.2 Å². The number of alkyl halides is 3. The molecule has 21 heavy (non-hydrogen) atoms. The van der Waals surface area contributed by atoms with Crippen LogP contribution in [0.4, 0.5) is 13.2 Å². The Balaban J connectivity index is 2.76. The van der Waals surface area contributed by atoms with Crippen molar-refractivity contribution in [1.82, 2.24) is 9.78 Å². The Morgan fingerprint density at radius 2 is 1.52 bits per heavy atom. The molecule has 1 aromatic carbocycles. The van der Waals surface area contributed by atoms with Gasteiger partial charge in [-0.25, -0.2) is 4.68 Å². The third kappa shape index (κ3) is 2.96. The highest BCUT2D eigenvalue weighted by atomic mass is 19.4. The summed E-state index contributed by atoms with van der Waals surface area (Å²) in [4.78, 5) is 0. The van der Waals surface area contributed by atoms with Crippen LogP contribution in [0, 0.1) is 13.8 Å². The average Bonchev–Trinajstić information content (AvgIpc) is 2.72. The molecule has 0 saturated carbocycles. The van der Waals surface area contributed by atoms with Crippen LogP contribution >= 0.6 is 0 Å². The number of hydrogen-bond donors (Lipinski definition) is 0. The first-order chi connectivity index (χ1) is 9.51. The van der Waals surface area contributed by atoms with Crippen LogP contribution in [0.5, 0.6) is 0 Å². The molecule has 1 aromatic heterocycles. The van der Waals surface area contributed by atoms with Crippen molar-refractivity contribution in [1.29, 1.82) is 0 Å². The molecular formula is C16H19F3N2. The third-order valence-corrected chi connectivity index (χ3v) is 3.42. The van der Waals surface area contributed by atoms with Gasteiger partial charge in [0.05, 0.1) is 11.4 Å². The van der Waals surface area contributed by atoms with Crippen LogP contribution in [-0.2, 0) is 11.6 Å². The van der Waals surface area contributed by atoms with Gasteiger partial charge in [-0.1, -0.05) is 39.0 Å². The molecule has 0 radical (unpaired) electrons. The number of nitrogens with zero attached hydrogens (tertiary/aromatic N) is 2. The fourth-order valence-corrected chi connectivity index (χ4v) is 2.36. The zero-order chi connectivity index (χ0) is 16.0. The van der Waals surface area contributed by atoms with Gasteiger partial charge in [0.2, 0.25) is 0 Å². The number of halogens is 3. The van der Waals surface area contributed by atoms with Crippen molar-refractivity contribution in [3.05, 3.63) is 46.8 Å². The summed E-state index contributed by atoms with van der Waals surface area (Å²) in [6, 6.07) is 6.79. The molecule has 0 aliphatic carbocycles. The van der Waals surface area contributed by atoms with Gasteiger partial charge < -0.3 is 0 Å². The molecule has 0 fully saturated rings. The Morgan fingerprint density at radius 3 is 1.95 bits per heavy atom. The van der Waals surface area contributed by atoms with E-state index in [9.17, 15) is 13.2 Å². The summed E-state index contributed by atoms with van der Waals surface area (Å²) in [7, 11) is 0. The van der Waals surface area contributed by atoms with Crippen LogP contribution in [0.15, 0.2) is 24.3 Å². The van der Waals surface area contributed by atoms with Gasteiger partial charge in [-0.2, -0.15) is 18.3 Å². The van der Waals surface area contributed by atoms with Crippen molar-refractivity contribution in [2.24, 2.45) is 0 Å². The Hall–Kier alpha value is -1.78. The highest BCUT2D eigenvalue weighted by molar-refractivity contribution is 5.48. The first-order valence-electron chi connectivity index (χ1n) is 6.76. The highest BCUT2D eigenvalue weighted by Crippen LogP contribution is 2.34. The number of benzene rings is 1. The van der Waals surface area contributed by atoms with Crippen molar-refractivity contribution in [3.8, 4) is 5.69 Å². The van der Waals surface area contributed by atoms with E-state index in [1.165, 1.54) is 4.68 Å². The van der Waals surface area contributed by atoms with Crippen molar-refractivity contribution in [3.63, 3.8) is 0 Å². The van der Waals surface area contributed by atoms with E-state index in [1.807, 2.05) is 52.8 Å². The molecule has 2 nitrogen and oxygen atoms in total. The fourth-order valence-electron chi connectivity index (χ4n) is 2.36. The Labute approximate surface area is 122 Å². The summed E-state index contributed by atoms with van der Waals surface area (Å²) in [5.41, 5.74) is 1.78. The lowest BCUT2D eigenvalue weighted by Crippen LogP contribution is -2.18. The molecule has 5 heteroatoms. The van der Waals surface area contributed by atoms with E-state index in [2.05, 4.69) is 5.10 Å². The predicted molar refractivity (Wildman–Crippen MR) is 76.7 cm³/mol. The van der Waals surface area contributed by atoms with E-state index in [4.69, 9.17) is 0 Å². The number of para-hydroxylation sites is 1. The van der Waals surface area contributed by atoms with Gasteiger partial charge in [-0.05, 0) is 31.0 Å². The first kappa shape index (κ1) is 15.6. The lowest BCUT2D eigenvalue weighted by Gasteiger charge is -2.22. The number of aromatic nitrogens is 2. The van der Waals surface area contributed by atoms with E-state index in [-0.39, 0.29) is 0 Å². The lowest BCUT2D eigenvalue weighted by atomic mass is 9.91. The van der Waals surface area contributed by atoms with Crippen LogP contribution in [-0.4, -0.2) is 9.78 Å². The minimum absolute atomic E-state index is 0.439. The topological polar surface area (TPSA) is 17.8 Å². The van der Waals surface area contributed by atoms with Gasteiger partial charge >= 0.3 is 6.18 Å². The maximum absolute atomic E-state index is 13.0. The van der Waals surface area contributed by atoms with Gasteiger partial charge in [0.15, 0.2) is 5.69 Å². The number of rotatable bonds is 1. The maximum Gasteiger partial charge on any atom is 0.435 e.